The normalized spacial score (nSPS) is 12.9. The van der Waals surface area contributed by atoms with Crippen LogP contribution < -0.4 is 0 Å². The van der Waals surface area contributed by atoms with E-state index < -0.39 is 36.5 Å². The van der Waals surface area contributed by atoms with E-state index in [4.69, 9.17) is 4.74 Å². The van der Waals surface area contributed by atoms with Crippen LogP contribution in [-0.2, 0) is 23.8 Å². The van der Waals surface area contributed by atoms with Crippen LogP contribution in [0.4, 0.5) is 0 Å². The molecule has 114 valence electrons. The van der Waals surface area contributed by atoms with Crippen LogP contribution in [0.1, 0.15) is 16.8 Å². The third-order valence-corrected chi connectivity index (χ3v) is 2.63. The molecule has 0 saturated heterocycles. The van der Waals surface area contributed by atoms with Gasteiger partial charge >= 0.3 is 17.9 Å². The van der Waals surface area contributed by atoms with Crippen LogP contribution >= 0.6 is 0 Å². The quantitative estimate of drug-likeness (QED) is 0.595. The molecule has 0 amide bonds. The lowest BCUT2D eigenvalue weighted by atomic mass is 10.1. The van der Waals surface area contributed by atoms with Crippen LogP contribution in [0, 0.1) is 0 Å². The molecule has 0 aliphatic carbocycles. The Labute approximate surface area is 121 Å². The molecule has 0 aliphatic rings. The molecule has 0 aromatic heterocycles. The number of hydrogen-bond donors (Lipinski definition) is 1. The highest BCUT2D eigenvalue weighted by Crippen LogP contribution is 2.11. The van der Waals surface area contributed by atoms with Crippen molar-refractivity contribution in [2.24, 2.45) is 0 Å². The van der Waals surface area contributed by atoms with Crippen LogP contribution in [0.3, 0.4) is 0 Å². The topological polar surface area (TPSA) is 99.1 Å². The van der Waals surface area contributed by atoms with Gasteiger partial charge in [-0.2, -0.15) is 0 Å². The van der Waals surface area contributed by atoms with E-state index >= 15 is 0 Å². The molecule has 1 N–H and O–H groups in total. The van der Waals surface area contributed by atoms with Gasteiger partial charge in [0.15, 0.2) is 0 Å². The number of carbonyl (C=O) groups is 3. The number of hydrogen-bond acceptors (Lipinski definition) is 7. The molecule has 0 unspecified atom stereocenters. The van der Waals surface area contributed by atoms with Crippen molar-refractivity contribution in [3.8, 4) is 0 Å². The van der Waals surface area contributed by atoms with E-state index in [1.165, 1.54) is 12.1 Å². The minimum atomic E-state index is -1.61. The van der Waals surface area contributed by atoms with Gasteiger partial charge in [0.1, 0.15) is 6.10 Å². The highest BCUT2D eigenvalue weighted by molar-refractivity contribution is 5.91. The summed E-state index contributed by atoms with van der Waals surface area (Å²) in [6.07, 6.45) is -3.67. The molecular weight excluding hydrogens is 280 g/mol. The molecule has 0 spiro atoms. The highest BCUT2D eigenvalue weighted by Gasteiger charge is 2.33. The number of methoxy groups -OCH3 is 2. The van der Waals surface area contributed by atoms with E-state index in [0.29, 0.717) is 0 Å². The second-order valence-electron chi connectivity index (χ2n) is 4.06. The molecule has 1 aromatic rings. The number of carbonyl (C=O) groups excluding carboxylic acids is 3. The standard InChI is InChI=1S/C14H16O7/c1-19-11(16)8-10(15)12(14(18)20-2)21-13(17)9-6-4-3-5-7-9/h3-7,10,12,15H,8H2,1-2H3/t10-,12+/m1/s1. The molecule has 0 fully saturated rings. The highest BCUT2D eigenvalue weighted by atomic mass is 16.6. The van der Waals surface area contributed by atoms with Gasteiger partial charge < -0.3 is 19.3 Å². The molecule has 7 heteroatoms. The van der Waals surface area contributed by atoms with Crippen LogP contribution in [0.15, 0.2) is 30.3 Å². The van der Waals surface area contributed by atoms with E-state index in [1.807, 2.05) is 0 Å². The van der Waals surface area contributed by atoms with E-state index in [1.54, 1.807) is 18.2 Å². The first-order chi connectivity index (χ1) is 9.99. The Morgan fingerprint density at radius 3 is 2.24 bits per heavy atom. The monoisotopic (exact) mass is 296 g/mol. The van der Waals surface area contributed by atoms with E-state index in [2.05, 4.69) is 9.47 Å². The summed E-state index contributed by atoms with van der Waals surface area (Å²) in [5.41, 5.74) is 0.205. The molecule has 1 aromatic carbocycles. The van der Waals surface area contributed by atoms with Gasteiger partial charge in [-0.15, -0.1) is 0 Å². The van der Waals surface area contributed by atoms with Gasteiger partial charge in [0.25, 0.3) is 0 Å². The van der Waals surface area contributed by atoms with Gasteiger partial charge in [-0.1, -0.05) is 18.2 Å². The summed E-state index contributed by atoms with van der Waals surface area (Å²) >= 11 is 0. The Hall–Kier alpha value is -2.41. The SMILES string of the molecule is COC(=O)C[C@@H](O)[C@H](OC(=O)c1ccccc1)C(=O)OC. The van der Waals surface area contributed by atoms with Gasteiger partial charge in [0.2, 0.25) is 6.10 Å². The molecule has 2 atom stereocenters. The minimum Gasteiger partial charge on any atom is -0.469 e. The summed E-state index contributed by atoms with van der Waals surface area (Å²) < 4.78 is 13.8. The second kappa shape index (κ2) is 8.01. The zero-order valence-electron chi connectivity index (χ0n) is 11.6. The predicted molar refractivity (Wildman–Crippen MR) is 70.3 cm³/mol. The summed E-state index contributed by atoms with van der Waals surface area (Å²) in [7, 11) is 2.22. The van der Waals surface area contributed by atoms with Crippen molar-refractivity contribution < 1.29 is 33.7 Å². The van der Waals surface area contributed by atoms with Crippen LogP contribution in [0.5, 0.6) is 0 Å². The summed E-state index contributed by atoms with van der Waals surface area (Å²) in [6.45, 7) is 0. The zero-order chi connectivity index (χ0) is 15.8. The predicted octanol–water partition coefficient (Wildman–Crippen LogP) is 0.309. The van der Waals surface area contributed by atoms with Crippen molar-refractivity contribution in [2.45, 2.75) is 18.6 Å². The molecule has 0 heterocycles. The molecule has 0 saturated carbocycles. The average molecular weight is 296 g/mol. The van der Waals surface area contributed by atoms with E-state index in [-0.39, 0.29) is 5.56 Å². The number of rotatable bonds is 6. The van der Waals surface area contributed by atoms with Crippen molar-refractivity contribution in [1.82, 2.24) is 0 Å². The Morgan fingerprint density at radius 1 is 1.10 bits per heavy atom. The van der Waals surface area contributed by atoms with Gasteiger partial charge in [0.05, 0.1) is 26.2 Å². The van der Waals surface area contributed by atoms with Crippen LogP contribution in [-0.4, -0.2) is 49.4 Å². The molecule has 0 radical (unpaired) electrons. The lowest BCUT2D eigenvalue weighted by Gasteiger charge is -2.20. The fraction of sp³-hybridized carbons (Fsp3) is 0.357. The van der Waals surface area contributed by atoms with Crippen LogP contribution in [0.2, 0.25) is 0 Å². The molecule has 21 heavy (non-hydrogen) atoms. The number of esters is 3. The fourth-order valence-corrected chi connectivity index (χ4v) is 1.52. The van der Waals surface area contributed by atoms with Gasteiger partial charge in [-0.25, -0.2) is 9.59 Å². The van der Waals surface area contributed by atoms with Crippen LogP contribution in [0.25, 0.3) is 0 Å². The zero-order valence-corrected chi connectivity index (χ0v) is 11.6. The maximum atomic E-state index is 11.9. The maximum absolute atomic E-state index is 11.9. The smallest absolute Gasteiger partial charge is 0.349 e. The first kappa shape index (κ1) is 16.6. The number of aliphatic hydroxyl groups is 1. The van der Waals surface area contributed by atoms with Crippen molar-refractivity contribution >= 4 is 17.9 Å². The molecule has 0 bridgehead atoms. The summed E-state index contributed by atoms with van der Waals surface area (Å²) in [5, 5.41) is 9.83. The Balaban J connectivity index is 2.81. The van der Waals surface area contributed by atoms with Crippen molar-refractivity contribution in [3.63, 3.8) is 0 Å². The lowest BCUT2D eigenvalue weighted by Crippen LogP contribution is -2.40. The Bertz CT molecular complexity index is 497. The molecule has 0 aliphatic heterocycles. The molecule has 7 nitrogen and oxygen atoms in total. The number of benzene rings is 1. The molecule has 1 rings (SSSR count). The fourth-order valence-electron chi connectivity index (χ4n) is 1.52. The third kappa shape index (κ3) is 4.88. The number of ether oxygens (including phenoxy) is 3. The van der Waals surface area contributed by atoms with Gasteiger partial charge in [-0.05, 0) is 12.1 Å². The Kier molecular flexibility index (Phi) is 6.35. The largest absolute Gasteiger partial charge is 0.469 e. The minimum absolute atomic E-state index is 0.205. The Morgan fingerprint density at radius 2 is 1.71 bits per heavy atom. The van der Waals surface area contributed by atoms with E-state index in [9.17, 15) is 19.5 Å². The average Bonchev–Trinajstić information content (AvgIpc) is 2.52. The first-order valence-electron chi connectivity index (χ1n) is 6.08. The summed E-state index contributed by atoms with van der Waals surface area (Å²) in [5.74, 6) is -2.52. The van der Waals surface area contributed by atoms with Gasteiger partial charge in [-0.3, -0.25) is 4.79 Å². The number of aliphatic hydroxyl groups excluding tert-OH is 1. The van der Waals surface area contributed by atoms with Crippen molar-refractivity contribution in [3.05, 3.63) is 35.9 Å². The second-order valence-corrected chi connectivity index (χ2v) is 4.06. The lowest BCUT2D eigenvalue weighted by molar-refractivity contribution is -0.160. The maximum Gasteiger partial charge on any atom is 0.349 e. The van der Waals surface area contributed by atoms with Gasteiger partial charge in [0, 0.05) is 0 Å². The van der Waals surface area contributed by atoms with Crippen molar-refractivity contribution in [1.29, 1.82) is 0 Å². The summed E-state index contributed by atoms with van der Waals surface area (Å²) in [6, 6.07) is 7.93. The molecular formula is C14H16O7. The van der Waals surface area contributed by atoms with E-state index in [0.717, 1.165) is 14.2 Å². The first-order valence-corrected chi connectivity index (χ1v) is 6.08. The van der Waals surface area contributed by atoms with Crippen molar-refractivity contribution in [2.75, 3.05) is 14.2 Å². The summed E-state index contributed by atoms with van der Waals surface area (Å²) in [4.78, 5) is 34.6. The third-order valence-electron chi connectivity index (χ3n) is 2.63.